The second kappa shape index (κ2) is 5.66. The van der Waals surface area contributed by atoms with Gasteiger partial charge >= 0.3 is 0 Å². The van der Waals surface area contributed by atoms with E-state index < -0.39 is 11.7 Å². The van der Waals surface area contributed by atoms with Gasteiger partial charge in [-0.2, -0.15) is 0 Å². The highest BCUT2D eigenvalue weighted by Crippen LogP contribution is 2.33. The van der Waals surface area contributed by atoms with E-state index in [0.717, 1.165) is 6.08 Å². The van der Waals surface area contributed by atoms with Gasteiger partial charge in [0.25, 0.3) is 0 Å². The summed E-state index contributed by atoms with van der Waals surface area (Å²) < 4.78 is 15.5. The van der Waals surface area contributed by atoms with Crippen molar-refractivity contribution in [2.45, 2.75) is 10.1 Å². The first-order chi connectivity index (χ1) is 9.11. The quantitative estimate of drug-likeness (QED) is 0.871. The van der Waals surface area contributed by atoms with E-state index in [-0.39, 0.29) is 5.69 Å². The molecule has 7 heteroatoms. The number of halogens is 1. The van der Waals surface area contributed by atoms with Crippen LogP contribution in [0, 0.1) is 5.82 Å². The van der Waals surface area contributed by atoms with Gasteiger partial charge in [-0.25, -0.2) is 4.39 Å². The molecule has 0 atom stereocenters. The number of aryl methyl sites for hydroxylation is 1. The van der Waals surface area contributed by atoms with Gasteiger partial charge < -0.3 is 9.88 Å². The van der Waals surface area contributed by atoms with Crippen molar-refractivity contribution in [1.29, 1.82) is 0 Å². The minimum atomic E-state index is -0.512. The third-order valence-electron chi connectivity index (χ3n) is 2.28. The number of rotatable bonds is 4. The Labute approximate surface area is 113 Å². The number of nitrogens with zero attached hydrogens (tertiary/aromatic N) is 3. The predicted octanol–water partition coefficient (Wildman–Crippen LogP) is 2.23. The molecular weight excluding hydrogens is 267 g/mol. The van der Waals surface area contributed by atoms with Crippen molar-refractivity contribution in [2.24, 2.45) is 7.05 Å². The molecule has 0 aliphatic rings. The first-order valence-corrected chi connectivity index (χ1v) is 6.17. The monoisotopic (exact) mass is 278 g/mol. The topological polar surface area (TPSA) is 59.8 Å². The lowest BCUT2D eigenvalue weighted by molar-refractivity contribution is -0.111. The lowest BCUT2D eigenvalue weighted by atomic mass is 10.3. The average Bonchev–Trinajstić information content (AvgIpc) is 2.79. The van der Waals surface area contributed by atoms with E-state index in [2.05, 4.69) is 22.1 Å². The average molecular weight is 278 g/mol. The molecule has 5 nitrogen and oxygen atoms in total. The normalized spacial score (nSPS) is 10.2. The number of nitrogens with one attached hydrogen (secondary N) is 1. The first kappa shape index (κ1) is 13.3. The van der Waals surface area contributed by atoms with Crippen LogP contribution in [0.25, 0.3) is 0 Å². The van der Waals surface area contributed by atoms with Crippen LogP contribution in [0.4, 0.5) is 10.1 Å². The zero-order valence-corrected chi connectivity index (χ0v) is 10.9. The van der Waals surface area contributed by atoms with Crippen LogP contribution in [0.3, 0.4) is 0 Å². The van der Waals surface area contributed by atoms with Gasteiger partial charge in [0.05, 0.1) is 5.69 Å². The van der Waals surface area contributed by atoms with E-state index >= 15 is 0 Å². The van der Waals surface area contributed by atoms with Crippen LogP contribution in [0.5, 0.6) is 0 Å². The predicted molar refractivity (Wildman–Crippen MR) is 70.4 cm³/mol. The molecule has 1 heterocycles. The molecule has 0 saturated carbocycles. The lowest BCUT2D eigenvalue weighted by Gasteiger charge is -2.09. The second-order valence-electron chi connectivity index (χ2n) is 3.63. The van der Waals surface area contributed by atoms with E-state index in [4.69, 9.17) is 0 Å². The number of amides is 1. The van der Waals surface area contributed by atoms with E-state index in [1.165, 1.54) is 17.8 Å². The highest BCUT2D eigenvalue weighted by atomic mass is 32.2. The van der Waals surface area contributed by atoms with Crippen LogP contribution >= 0.6 is 11.8 Å². The molecule has 0 aliphatic heterocycles. The molecule has 2 aromatic rings. The molecule has 0 radical (unpaired) electrons. The minimum Gasteiger partial charge on any atom is -0.319 e. The highest BCUT2D eigenvalue weighted by molar-refractivity contribution is 7.99. The number of carbonyl (C=O) groups excluding carboxylic acids is 1. The second-order valence-corrected chi connectivity index (χ2v) is 4.64. The summed E-state index contributed by atoms with van der Waals surface area (Å²) in [4.78, 5) is 11.9. The summed E-state index contributed by atoms with van der Waals surface area (Å²) in [5.41, 5.74) is 0.111. The van der Waals surface area contributed by atoms with Crippen molar-refractivity contribution < 1.29 is 9.18 Å². The minimum absolute atomic E-state index is 0.111. The molecule has 2 rings (SSSR count). The van der Waals surface area contributed by atoms with E-state index in [0.29, 0.717) is 10.1 Å². The first-order valence-electron chi connectivity index (χ1n) is 5.35. The number of para-hydroxylation sites is 1. The van der Waals surface area contributed by atoms with E-state index in [9.17, 15) is 9.18 Å². The van der Waals surface area contributed by atoms with E-state index in [1.807, 2.05) is 0 Å². The van der Waals surface area contributed by atoms with E-state index in [1.54, 1.807) is 30.1 Å². The maximum absolute atomic E-state index is 13.8. The molecule has 98 valence electrons. The third kappa shape index (κ3) is 3.00. The number of hydrogen-bond acceptors (Lipinski definition) is 4. The summed E-state index contributed by atoms with van der Waals surface area (Å²) in [6, 6.07) is 4.54. The molecule has 0 saturated heterocycles. The van der Waals surface area contributed by atoms with Crippen LogP contribution in [0.15, 0.2) is 47.2 Å². The molecule has 0 bridgehead atoms. The maximum Gasteiger partial charge on any atom is 0.247 e. The summed E-state index contributed by atoms with van der Waals surface area (Å²) in [6.45, 7) is 3.34. The number of benzene rings is 1. The van der Waals surface area contributed by atoms with Crippen molar-refractivity contribution in [2.75, 3.05) is 5.32 Å². The summed E-state index contributed by atoms with van der Waals surface area (Å²) >= 11 is 1.21. The van der Waals surface area contributed by atoms with Crippen LogP contribution in [-0.4, -0.2) is 20.7 Å². The zero-order valence-electron chi connectivity index (χ0n) is 10.1. The maximum atomic E-state index is 13.8. The number of anilines is 1. The Balaban J connectivity index is 2.34. The van der Waals surface area contributed by atoms with Crippen LogP contribution < -0.4 is 5.32 Å². The third-order valence-corrected chi connectivity index (χ3v) is 3.39. The molecule has 0 fully saturated rings. The van der Waals surface area contributed by atoms with Crippen LogP contribution in [0.2, 0.25) is 0 Å². The molecule has 1 aromatic heterocycles. The molecule has 1 aromatic carbocycles. The molecule has 0 spiro atoms. The fraction of sp³-hybridized carbons (Fsp3) is 0.0833. The Morgan fingerprint density at radius 2 is 2.37 bits per heavy atom. The van der Waals surface area contributed by atoms with Gasteiger partial charge in [-0.15, -0.1) is 10.2 Å². The van der Waals surface area contributed by atoms with Crippen molar-refractivity contribution in [1.82, 2.24) is 14.8 Å². The van der Waals surface area contributed by atoms with Gasteiger partial charge in [-0.1, -0.05) is 12.6 Å². The van der Waals surface area contributed by atoms with Gasteiger partial charge in [-0.3, -0.25) is 4.79 Å². The Morgan fingerprint density at radius 3 is 3.00 bits per heavy atom. The van der Waals surface area contributed by atoms with Crippen LogP contribution in [0.1, 0.15) is 0 Å². The molecule has 1 N–H and O–H groups in total. The van der Waals surface area contributed by atoms with Gasteiger partial charge in [0, 0.05) is 11.9 Å². The molecular formula is C12H11FN4OS. The van der Waals surface area contributed by atoms with Gasteiger partial charge in [-0.05, 0) is 30.0 Å². The fourth-order valence-corrected chi connectivity index (χ4v) is 2.22. The summed E-state index contributed by atoms with van der Waals surface area (Å²) in [6.07, 6.45) is 2.63. The van der Waals surface area contributed by atoms with Crippen molar-refractivity contribution >= 4 is 23.4 Å². The Kier molecular flexibility index (Phi) is 3.96. The van der Waals surface area contributed by atoms with Gasteiger partial charge in [0.2, 0.25) is 5.91 Å². The molecule has 0 aliphatic carbocycles. The highest BCUT2D eigenvalue weighted by Gasteiger charge is 2.13. The summed E-state index contributed by atoms with van der Waals surface area (Å²) in [5.74, 6) is -0.979. The summed E-state index contributed by atoms with van der Waals surface area (Å²) in [5, 5.41) is 10.7. The Bertz CT molecular complexity index is 626. The standard InChI is InChI=1S/C12H11FN4OS/c1-3-10(18)15-11-8(13)5-4-6-9(11)19-12-16-14-7-17(12)2/h3-7H,1H2,2H3,(H,15,18). The smallest absolute Gasteiger partial charge is 0.247 e. The van der Waals surface area contributed by atoms with Crippen molar-refractivity contribution in [3.05, 3.63) is 43.0 Å². The Morgan fingerprint density at radius 1 is 1.58 bits per heavy atom. The number of hydrogen-bond donors (Lipinski definition) is 1. The van der Waals surface area contributed by atoms with Crippen molar-refractivity contribution in [3.8, 4) is 0 Å². The molecule has 19 heavy (non-hydrogen) atoms. The lowest BCUT2D eigenvalue weighted by Crippen LogP contribution is -2.10. The van der Waals surface area contributed by atoms with Crippen molar-refractivity contribution in [3.63, 3.8) is 0 Å². The SMILES string of the molecule is C=CC(=O)Nc1c(F)cccc1Sc1nncn1C. The largest absolute Gasteiger partial charge is 0.319 e. The Hall–Kier alpha value is -2.15. The molecule has 1 amide bonds. The number of carbonyl (C=O) groups is 1. The van der Waals surface area contributed by atoms with Gasteiger partial charge in [0.15, 0.2) is 5.16 Å². The molecule has 0 unspecified atom stereocenters. The fourth-order valence-electron chi connectivity index (χ4n) is 1.35. The van der Waals surface area contributed by atoms with Crippen LogP contribution in [-0.2, 0) is 11.8 Å². The zero-order chi connectivity index (χ0) is 13.8. The number of aromatic nitrogens is 3. The van der Waals surface area contributed by atoms with Gasteiger partial charge in [0.1, 0.15) is 12.1 Å². The summed E-state index contributed by atoms with van der Waals surface area (Å²) in [7, 11) is 1.78.